The number of anilines is 1. The quantitative estimate of drug-likeness (QED) is 0.870. The summed E-state index contributed by atoms with van der Waals surface area (Å²) in [6.45, 7) is 0.843. The monoisotopic (exact) mass is 249 g/mol. The lowest BCUT2D eigenvalue weighted by Gasteiger charge is -2.40. The summed E-state index contributed by atoms with van der Waals surface area (Å²) in [7, 11) is 0. The summed E-state index contributed by atoms with van der Waals surface area (Å²) in [6, 6.07) is 5.51. The molecule has 1 aromatic carbocycles. The summed E-state index contributed by atoms with van der Waals surface area (Å²) in [5.41, 5.74) is 1.37. The van der Waals surface area contributed by atoms with Crippen molar-refractivity contribution < 1.29 is 9.50 Å². The third-order valence-electron chi connectivity index (χ3n) is 4.52. The molecule has 0 bridgehead atoms. The Kier molecular flexibility index (Phi) is 3.25. The fourth-order valence-corrected chi connectivity index (χ4v) is 3.74. The molecule has 18 heavy (non-hydrogen) atoms. The Morgan fingerprint density at radius 1 is 1.22 bits per heavy atom. The van der Waals surface area contributed by atoms with E-state index in [-0.39, 0.29) is 12.4 Å². The Morgan fingerprint density at radius 2 is 2.06 bits per heavy atom. The number of hydrogen-bond acceptors (Lipinski definition) is 2. The van der Waals surface area contributed by atoms with E-state index in [2.05, 4.69) is 4.90 Å². The van der Waals surface area contributed by atoms with Crippen molar-refractivity contribution in [3.8, 4) is 0 Å². The lowest BCUT2D eigenvalue weighted by atomic mass is 9.91. The van der Waals surface area contributed by atoms with Crippen LogP contribution in [0.2, 0.25) is 0 Å². The van der Waals surface area contributed by atoms with Gasteiger partial charge in [0.05, 0.1) is 12.3 Å². The van der Waals surface area contributed by atoms with Crippen molar-refractivity contribution in [1.29, 1.82) is 0 Å². The molecule has 0 spiro atoms. The van der Waals surface area contributed by atoms with Crippen LogP contribution in [0.1, 0.15) is 37.7 Å². The molecule has 2 nitrogen and oxygen atoms in total. The third-order valence-corrected chi connectivity index (χ3v) is 4.52. The predicted molar refractivity (Wildman–Crippen MR) is 70.0 cm³/mol. The number of para-hydroxylation sites is 1. The Morgan fingerprint density at radius 3 is 2.89 bits per heavy atom. The minimum absolute atomic E-state index is 0.0824. The van der Waals surface area contributed by atoms with Crippen LogP contribution >= 0.6 is 0 Å². The maximum absolute atomic E-state index is 14.1. The topological polar surface area (TPSA) is 23.5 Å². The first-order valence-electron chi connectivity index (χ1n) is 6.96. The SMILES string of the molecule is OCc1cccc(F)c1N1CCCC2CCCC21. The number of halogens is 1. The minimum Gasteiger partial charge on any atom is -0.392 e. The van der Waals surface area contributed by atoms with Crippen molar-refractivity contribution in [2.24, 2.45) is 5.92 Å². The van der Waals surface area contributed by atoms with Crippen molar-refractivity contribution in [2.45, 2.75) is 44.8 Å². The number of piperidine rings is 1. The molecule has 98 valence electrons. The van der Waals surface area contributed by atoms with E-state index in [1.807, 2.05) is 6.07 Å². The van der Waals surface area contributed by atoms with Crippen LogP contribution in [-0.4, -0.2) is 17.7 Å². The van der Waals surface area contributed by atoms with Gasteiger partial charge in [-0.15, -0.1) is 0 Å². The maximum atomic E-state index is 14.1. The molecule has 0 radical (unpaired) electrons. The van der Waals surface area contributed by atoms with E-state index < -0.39 is 0 Å². The summed E-state index contributed by atoms with van der Waals surface area (Å²) in [5, 5.41) is 9.42. The van der Waals surface area contributed by atoms with Crippen LogP contribution in [0, 0.1) is 11.7 Å². The fraction of sp³-hybridized carbons (Fsp3) is 0.600. The van der Waals surface area contributed by atoms with E-state index in [1.54, 1.807) is 6.07 Å². The lowest BCUT2D eigenvalue weighted by molar-refractivity contribution is 0.279. The van der Waals surface area contributed by atoms with Gasteiger partial charge in [0, 0.05) is 18.2 Å². The number of rotatable bonds is 2. The minimum atomic E-state index is -0.186. The highest BCUT2D eigenvalue weighted by Gasteiger charge is 2.36. The number of hydrogen-bond donors (Lipinski definition) is 1. The molecular formula is C15H20FNO. The van der Waals surface area contributed by atoms with Gasteiger partial charge in [0.2, 0.25) is 0 Å². The van der Waals surface area contributed by atoms with Crippen molar-refractivity contribution in [3.05, 3.63) is 29.6 Å². The second kappa shape index (κ2) is 4.88. The van der Waals surface area contributed by atoms with E-state index in [0.717, 1.165) is 24.4 Å². The summed E-state index contributed by atoms with van der Waals surface area (Å²) in [6.07, 6.45) is 6.13. The molecule has 2 fully saturated rings. The molecule has 2 unspecified atom stereocenters. The molecule has 0 amide bonds. The number of nitrogens with zero attached hydrogens (tertiary/aromatic N) is 1. The van der Waals surface area contributed by atoms with Gasteiger partial charge in [-0.1, -0.05) is 18.6 Å². The lowest BCUT2D eigenvalue weighted by Crippen LogP contribution is -2.43. The van der Waals surface area contributed by atoms with E-state index in [1.165, 1.54) is 31.7 Å². The molecule has 3 heteroatoms. The second-order valence-electron chi connectivity index (χ2n) is 5.50. The van der Waals surface area contributed by atoms with Crippen molar-refractivity contribution in [2.75, 3.05) is 11.4 Å². The van der Waals surface area contributed by atoms with Gasteiger partial charge < -0.3 is 10.0 Å². The molecule has 1 N–H and O–H groups in total. The Balaban J connectivity index is 1.98. The third kappa shape index (κ3) is 1.91. The highest BCUT2D eigenvalue weighted by Crippen LogP contribution is 2.40. The van der Waals surface area contributed by atoms with Crippen LogP contribution in [0.25, 0.3) is 0 Å². The van der Waals surface area contributed by atoms with Gasteiger partial charge in [-0.25, -0.2) is 4.39 Å². The van der Waals surface area contributed by atoms with Crippen LogP contribution in [-0.2, 0) is 6.61 Å². The van der Waals surface area contributed by atoms with Gasteiger partial charge in [-0.2, -0.15) is 0 Å². The number of aliphatic hydroxyl groups is 1. The predicted octanol–water partition coefficient (Wildman–Crippen LogP) is 3.09. The highest BCUT2D eigenvalue weighted by molar-refractivity contribution is 5.56. The normalized spacial score (nSPS) is 27.3. The van der Waals surface area contributed by atoms with E-state index in [0.29, 0.717) is 11.7 Å². The molecule has 1 aromatic rings. The molecule has 0 aromatic heterocycles. The standard InChI is InChI=1S/C15H20FNO/c16-13-7-1-5-12(10-18)15(13)17-9-3-6-11-4-2-8-14(11)17/h1,5,7,11,14,18H,2-4,6,8-10H2. The maximum Gasteiger partial charge on any atom is 0.146 e. The molecule has 1 heterocycles. The van der Waals surface area contributed by atoms with Crippen molar-refractivity contribution >= 4 is 5.69 Å². The number of benzene rings is 1. The highest BCUT2D eigenvalue weighted by atomic mass is 19.1. The number of fused-ring (bicyclic) bond motifs is 1. The Hall–Kier alpha value is -1.09. The molecule has 3 rings (SSSR count). The zero-order valence-corrected chi connectivity index (χ0v) is 10.6. The van der Waals surface area contributed by atoms with Crippen LogP contribution in [0.4, 0.5) is 10.1 Å². The molecule has 2 aliphatic rings. The van der Waals surface area contributed by atoms with E-state index >= 15 is 0 Å². The first kappa shape index (κ1) is 12.0. The van der Waals surface area contributed by atoms with Gasteiger partial charge in [-0.3, -0.25) is 0 Å². The van der Waals surface area contributed by atoms with Gasteiger partial charge in [-0.05, 0) is 37.7 Å². The number of aliphatic hydroxyl groups excluding tert-OH is 1. The van der Waals surface area contributed by atoms with Crippen LogP contribution in [0.5, 0.6) is 0 Å². The molecular weight excluding hydrogens is 229 g/mol. The Labute approximate surface area is 107 Å². The van der Waals surface area contributed by atoms with Gasteiger partial charge in [0.1, 0.15) is 5.82 Å². The van der Waals surface area contributed by atoms with Gasteiger partial charge in [0.25, 0.3) is 0 Å². The van der Waals surface area contributed by atoms with Crippen LogP contribution in [0.3, 0.4) is 0 Å². The zero-order valence-electron chi connectivity index (χ0n) is 10.6. The first-order chi connectivity index (χ1) is 8.81. The van der Waals surface area contributed by atoms with Crippen molar-refractivity contribution in [3.63, 3.8) is 0 Å². The van der Waals surface area contributed by atoms with Crippen LogP contribution < -0.4 is 4.90 Å². The molecule has 1 aliphatic carbocycles. The largest absolute Gasteiger partial charge is 0.392 e. The van der Waals surface area contributed by atoms with Crippen LogP contribution in [0.15, 0.2) is 18.2 Å². The van der Waals surface area contributed by atoms with E-state index in [9.17, 15) is 9.50 Å². The summed E-state index contributed by atoms with van der Waals surface area (Å²) in [4.78, 5) is 2.22. The molecule has 2 atom stereocenters. The average Bonchev–Trinajstić information content (AvgIpc) is 2.86. The van der Waals surface area contributed by atoms with Crippen molar-refractivity contribution in [1.82, 2.24) is 0 Å². The Bertz CT molecular complexity index is 435. The smallest absolute Gasteiger partial charge is 0.146 e. The zero-order chi connectivity index (χ0) is 12.5. The molecule has 1 saturated carbocycles. The average molecular weight is 249 g/mol. The summed E-state index contributed by atoms with van der Waals surface area (Å²) in [5.74, 6) is 0.541. The summed E-state index contributed by atoms with van der Waals surface area (Å²) < 4.78 is 14.1. The molecule has 1 aliphatic heterocycles. The van der Waals surface area contributed by atoms with E-state index in [4.69, 9.17) is 0 Å². The molecule has 1 saturated heterocycles. The van der Waals surface area contributed by atoms with Gasteiger partial charge in [0.15, 0.2) is 0 Å². The van der Waals surface area contributed by atoms with Gasteiger partial charge >= 0.3 is 0 Å². The second-order valence-corrected chi connectivity index (χ2v) is 5.50. The summed E-state index contributed by atoms with van der Waals surface area (Å²) >= 11 is 0. The fourth-order valence-electron chi connectivity index (χ4n) is 3.74. The first-order valence-corrected chi connectivity index (χ1v) is 6.96.